The molecule has 0 saturated heterocycles. The number of anilines is 1. The molecule has 0 aliphatic heterocycles. The molecule has 1 unspecified atom stereocenters. The maximum absolute atomic E-state index is 4.58. The van der Waals surface area contributed by atoms with Crippen molar-refractivity contribution in [3.05, 3.63) is 16.5 Å². The maximum atomic E-state index is 4.58. The predicted octanol–water partition coefficient (Wildman–Crippen LogP) is 4.24. The van der Waals surface area contributed by atoms with E-state index in [-0.39, 0.29) is 5.41 Å². The van der Waals surface area contributed by atoms with E-state index in [0.717, 1.165) is 22.8 Å². The molecule has 1 atom stereocenters. The van der Waals surface area contributed by atoms with Crippen LogP contribution in [0.2, 0.25) is 0 Å². The summed E-state index contributed by atoms with van der Waals surface area (Å²) in [7, 11) is 0. The summed E-state index contributed by atoms with van der Waals surface area (Å²) in [5.74, 6) is 3.05. The van der Waals surface area contributed by atoms with Gasteiger partial charge in [0.15, 0.2) is 0 Å². The van der Waals surface area contributed by atoms with Gasteiger partial charge in [-0.25, -0.2) is 9.97 Å². The van der Waals surface area contributed by atoms with Gasteiger partial charge in [0, 0.05) is 18.0 Å². The summed E-state index contributed by atoms with van der Waals surface area (Å²) in [5, 5.41) is 3.40. The topological polar surface area (TPSA) is 37.8 Å². The summed E-state index contributed by atoms with van der Waals surface area (Å²) in [6.45, 7) is 14.0. The number of rotatable bonds is 4. The first-order valence-electron chi connectivity index (χ1n) is 6.49. The summed E-state index contributed by atoms with van der Waals surface area (Å²) in [6.07, 6.45) is 0. The van der Waals surface area contributed by atoms with E-state index >= 15 is 0 Å². The van der Waals surface area contributed by atoms with Crippen LogP contribution in [-0.4, -0.2) is 16.5 Å². The van der Waals surface area contributed by atoms with E-state index < -0.39 is 0 Å². The summed E-state index contributed by atoms with van der Waals surface area (Å²) >= 11 is 3.45. The molecular formula is C14H24BrN3. The van der Waals surface area contributed by atoms with Crippen LogP contribution in [0.1, 0.15) is 47.4 Å². The van der Waals surface area contributed by atoms with Crippen molar-refractivity contribution in [1.82, 2.24) is 9.97 Å². The van der Waals surface area contributed by atoms with Crippen LogP contribution in [0.4, 0.5) is 5.82 Å². The number of aromatic nitrogens is 2. The zero-order valence-electron chi connectivity index (χ0n) is 12.2. The highest BCUT2D eigenvalue weighted by Gasteiger charge is 2.18. The number of hydrogen-bond donors (Lipinski definition) is 1. The highest BCUT2D eigenvalue weighted by atomic mass is 79.9. The molecule has 102 valence electrons. The molecule has 1 aromatic rings. The van der Waals surface area contributed by atoms with Crippen LogP contribution < -0.4 is 5.32 Å². The second-order valence-electron chi connectivity index (χ2n) is 6.25. The fourth-order valence-electron chi connectivity index (χ4n) is 1.34. The van der Waals surface area contributed by atoms with Crippen LogP contribution in [0, 0.1) is 11.8 Å². The minimum absolute atomic E-state index is 0.0378. The molecule has 0 spiro atoms. The molecule has 0 radical (unpaired) electrons. The Kier molecular flexibility index (Phi) is 5.14. The third kappa shape index (κ3) is 4.56. The number of nitrogens with zero attached hydrogens (tertiary/aromatic N) is 2. The maximum Gasteiger partial charge on any atom is 0.137 e. The van der Waals surface area contributed by atoms with E-state index in [9.17, 15) is 0 Å². The minimum Gasteiger partial charge on any atom is -0.370 e. The summed E-state index contributed by atoms with van der Waals surface area (Å²) in [6, 6.07) is 1.93. The van der Waals surface area contributed by atoms with Crippen molar-refractivity contribution in [3.63, 3.8) is 0 Å². The molecule has 1 aromatic heterocycles. The van der Waals surface area contributed by atoms with Crippen LogP contribution in [0.25, 0.3) is 0 Å². The lowest BCUT2D eigenvalue weighted by atomic mass is 9.96. The molecule has 4 heteroatoms. The second kappa shape index (κ2) is 6.00. The van der Waals surface area contributed by atoms with Gasteiger partial charge in [-0.1, -0.05) is 41.5 Å². The monoisotopic (exact) mass is 313 g/mol. The Hall–Kier alpha value is -0.640. The normalized spacial score (nSPS) is 13.8. The quantitative estimate of drug-likeness (QED) is 0.845. The molecule has 1 rings (SSSR count). The highest BCUT2D eigenvalue weighted by Crippen LogP contribution is 2.22. The third-order valence-corrected chi connectivity index (χ3v) is 3.52. The van der Waals surface area contributed by atoms with Crippen molar-refractivity contribution in [2.75, 3.05) is 11.9 Å². The average molecular weight is 314 g/mol. The first kappa shape index (κ1) is 15.4. The Morgan fingerprint density at radius 2 is 1.83 bits per heavy atom. The van der Waals surface area contributed by atoms with Gasteiger partial charge in [0.1, 0.15) is 16.2 Å². The van der Waals surface area contributed by atoms with Gasteiger partial charge in [-0.15, -0.1) is 0 Å². The Morgan fingerprint density at radius 3 is 2.33 bits per heavy atom. The molecule has 3 nitrogen and oxygen atoms in total. The van der Waals surface area contributed by atoms with Gasteiger partial charge in [-0.3, -0.25) is 0 Å². The third-order valence-electron chi connectivity index (χ3n) is 3.11. The van der Waals surface area contributed by atoms with Crippen LogP contribution in [0.15, 0.2) is 10.7 Å². The zero-order chi connectivity index (χ0) is 13.9. The molecule has 18 heavy (non-hydrogen) atoms. The van der Waals surface area contributed by atoms with Crippen LogP contribution in [0.3, 0.4) is 0 Å². The van der Waals surface area contributed by atoms with Crippen molar-refractivity contribution in [2.24, 2.45) is 11.8 Å². The second-order valence-corrected chi connectivity index (χ2v) is 7.06. The van der Waals surface area contributed by atoms with Crippen molar-refractivity contribution < 1.29 is 0 Å². The predicted molar refractivity (Wildman–Crippen MR) is 80.9 cm³/mol. The molecule has 0 aliphatic rings. The van der Waals surface area contributed by atoms with Crippen LogP contribution in [0.5, 0.6) is 0 Å². The van der Waals surface area contributed by atoms with Gasteiger partial charge in [0.2, 0.25) is 0 Å². The Bertz CT molecular complexity index is 397. The van der Waals surface area contributed by atoms with Crippen molar-refractivity contribution in [3.8, 4) is 0 Å². The van der Waals surface area contributed by atoms with Crippen molar-refractivity contribution in [1.29, 1.82) is 0 Å². The van der Waals surface area contributed by atoms with E-state index in [1.54, 1.807) is 0 Å². The minimum atomic E-state index is -0.0378. The SMILES string of the molecule is CC(C)C(C)CNc1cc(Br)nc(C(C)(C)C)n1. The van der Waals surface area contributed by atoms with E-state index in [1.807, 2.05) is 6.07 Å². The highest BCUT2D eigenvalue weighted by molar-refractivity contribution is 9.10. The Morgan fingerprint density at radius 1 is 1.22 bits per heavy atom. The Balaban J connectivity index is 2.81. The molecule has 1 heterocycles. The number of halogens is 1. The molecule has 0 saturated carbocycles. The lowest BCUT2D eigenvalue weighted by Gasteiger charge is -2.20. The molecular weight excluding hydrogens is 290 g/mol. The van der Waals surface area contributed by atoms with Crippen molar-refractivity contribution in [2.45, 2.75) is 47.0 Å². The molecule has 1 N–H and O–H groups in total. The number of hydrogen-bond acceptors (Lipinski definition) is 3. The number of nitrogens with one attached hydrogen (secondary N) is 1. The van der Waals surface area contributed by atoms with Crippen LogP contribution >= 0.6 is 15.9 Å². The summed E-state index contributed by atoms with van der Waals surface area (Å²) in [4.78, 5) is 9.02. The van der Waals surface area contributed by atoms with Gasteiger partial charge in [-0.05, 0) is 27.8 Å². The first-order valence-corrected chi connectivity index (χ1v) is 7.28. The summed E-state index contributed by atoms with van der Waals surface area (Å²) in [5.41, 5.74) is -0.0378. The lowest BCUT2D eigenvalue weighted by molar-refractivity contribution is 0.439. The van der Waals surface area contributed by atoms with Crippen LogP contribution in [-0.2, 0) is 5.41 Å². The summed E-state index contributed by atoms with van der Waals surface area (Å²) < 4.78 is 0.835. The van der Waals surface area contributed by atoms with E-state index in [4.69, 9.17) is 0 Å². The van der Waals surface area contributed by atoms with Gasteiger partial charge in [0.05, 0.1) is 0 Å². The van der Waals surface area contributed by atoms with E-state index in [0.29, 0.717) is 11.8 Å². The first-order chi connectivity index (χ1) is 8.20. The van der Waals surface area contributed by atoms with Gasteiger partial charge in [0.25, 0.3) is 0 Å². The molecule has 0 aliphatic carbocycles. The zero-order valence-corrected chi connectivity index (χ0v) is 13.8. The van der Waals surface area contributed by atoms with Crippen molar-refractivity contribution >= 4 is 21.7 Å². The van der Waals surface area contributed by atoms with Gasteiger partial charge in [-0.2, -0.15) is 0 Å². The standard InChI is InChI=1S/C14H24BrN3/c1-9(2)10(3)8-16-12-7-11(15)17-13(18-12)14(4,5)6/h7,9-10H,8H2,1-6H3,(H,16,17,18). The van der Waals surface area contributed by atoms with Gasteiger partial charge >= 0.3 is 0 Å². The fourth-order valence-corrected chi connectivity index (χ4v) is 1.73. The van der Waals surface area contributed by atoms with E-state index in [2.05, 4.69) is 72.8 Å². The van der Waals surface area contributed by atoms with E-state index in [1.165, 1.54) is 0 Å². The molecule has 0 aromatic carbocycles. The van der Waals surface area contributed by atoms with Gasteiger partial charge < -0.3 is 5.32 Å². The lowest BCUT2D eigenvalue weighted by Crippen LogP contribution is -2.20. The molecule has 0 bridgehead atoms. The fraction of sp³-hybridized carbons (Fsp3) is 0.714. The largest absolute Gasteiger partial charge is 0.370 e. The molecule has 0 fully saturated rings. The average Bonchev–Trinajstić information content (AvgIpc) is 2.23. The Labute approximate surface area is 119 Å². The smallest absolute Gasteiger partial charge is 0.137 e. The molecule has 0 amide bonds.